The van der Waals surface area contributed by atoms with Crippen molar-refractivity contribution in [2.24, 2.45) is 0 Å². The lowest BCUT2D eigenvalue weighted by Gasteiger charge is -2.18. The van der Waals surface area contributed by atoms with E-state index in [1.54, 1.807) is 0 Å². The smallest absolute Gasteiger partial charge is 0.119 e. The molecule has 0 radical (unpaired) electrons. The van der Waals surface area contributed by atoms with Gasteiger partial charge in [0.15, 0.2) is 0 Å². The van der Waals surface area contributed by atoms with Gasteiger partial charge >= 0.3 is 0 Å². The number of thiophene rings is 1. The average Bonchev–Trinajstić information content (AvgIpc) is 2.81. The maximum atomic E-state index is 5.76. The number of aryl methyl sites for hydroxylation is 1. The summed E-state index contributed by atoms with van der Waals surface area (Å²) in [4.78, 5) is 2.64. The Labute approximate surface area is 139 Å². The summed E-state index contributed by atoms with van der Waals surface area (Å²) >= 11 is 5.52. The van der Waals surface area contributed by atoms with Crippen LogP contribution >= 0.6 is 27.3 Å². The molecule has 1 N–H and O–H groups in total. The Morgan fingerprint density at radius 3 is 2.71 bits per heavy atom. The average molecular weight is 368 g/mol. The summed E-state index contributed by atoms with van der Waals surface area (Å²) in [5.74, 6) is 0.946. The van der Waals surface area contributed by atoms with Gasteiger partial charge in [-0.25, -0.2) is 0 Å². The normalized spacial score (nSPS) is 12.4. The maximum Gasteiger partial charge on any atom is 0.119 e. The molecule has 0 bridgehead atoms. The van der Waals surface area contributed by atoms with Crippen LogP contribution in [0.3, 0.4) is 0 Å². The van der Waals surface area contributed by atoms with E-state index in [1.807, 2.05) is 17.4 Å². The van der Waals surface area contributed by atoms with Crippen molar-refractivity contribution in [3.63, 3.8) is 0 Å². The minimum atomic E-state index is 0.202. The van der Waals surface area contributed by atoms with Gasteiger partial charge in [-0.2, -0.15) is 0 Å². The molecule has 1 aromatic heterocycles. The molecule has 0 aliphatic carbocycles. The standard InChI is InChI=1S/C17H22BrNOS/c1-4-9-20-14-8-6-7-13(11-14)16(19-5-2)17-15(18)10-12(3)21-17/h6-8,10-11,16,19H,4-5,9H2,1-3H3. The lowest BCUT2D eigenvalue weighted by Crippen LogP contribution is -2.21. The molecular weight excluding hydrogens is 346 g/mol. The van der Waals surface area contributed by atoms with Crippen LogP contribution in [0.4, 0.5) is 0 Å². The van der Waals surface area contributed by atoms with Crippen molar-refractivity contribution in [1.82, 2.24) is 5.32 Å². The topological polar surface area (TPSA) is 21.3 Å². The van der Waals surface area contributed by atoms with Gasteiger partial charge < -0.3 is 10.1 Å². The van der Waals surface area contributed by atoms with E-state index in [-0.39, 0.29) is 6.04 Å². The van der Waals surface area contributed by atoms with Gasteiger partial charge in [0.05, 0.1) is 12.6 Å². The predicted molar refractivity (Wildman–Crippen MR) is 94.5 cm³/mol. The van der Waals surface area contributed by atoms with E-state index in [2.05, 4.69) is 66.3 Å². The number of benzene rings is 1. The SMILES string of the molecule is CCCOc1cccc(C(NCC)c2sc(C)cc2Br)c1. The van der Waals surface area contributed by atoms with E-state index in [4.69, 9.17) is 4.74 Å². The third-order valence-corrected chi connectivity index (χ3v) is 5.20. The van der Waals surface area contributed by atoms with Crippen molar-refractivity contribution in [3.05, 3.63) is 50.1 Å². The van der Waals surface area contributed by atoms with E-state index < -0.39 is 0 Å². The monoisotopic (exact) mass is 367 g/mol. The van der Waals surface area contributed by atoms with E-state index >= 15 is 0 Å². The van der Waals surface area contributed by atoms with Gasteiger partial charge in [-0.3, -0.25) is 0 Å². The van der Waals surface area contributed by atoms with Crippen LogP contribution in [-0.2, 0) is 0 Å². The van der Waals surface area contributed by atoms with Crippen LogP contribution in [0.15, 0.2) is 34.8 Å². The van der Waals surface area contributed by atoms with Crippen LogP contribution in [-0.4, -0.2) is 13.2 Å². The highest BCUT2D eigenvalue weighted by atomic mass is 79.9. The summed E-state index contributed by atoms with van der Waals surface area (Å²) in [7, 11) is 0. The Morgan fingerprint density at radius 2 is 2.10 bits per heavy atom. The van der Waals surface area contributed by atoms with Crippen LogP contribution < -0.4 is 10.1 Å². The molecule has 2 nitrogen and oxygen atoms in total. The molecule has 0 saturated heterocycles. The number of rotatable bonds is 7. The summed E-state index contributed by atoms with van der Waals surface area (Å²) in [5, 5.41) is 3.58. The van der Waals surface area contributed by atoms with Crippen molar-refractivity contribution in [1.29, 1.82) is 0 Å². The first-order chi connectivity index (χ1) is 10.2. The quantitative estimate of drug-likeness (QED) is 0.715. The van der Waals surface area contributed by atoms with Crippen molar-refractivity contribution < 1.29 is 4.74 Å². The molecule has 21 heavy (non-hydrogen) atoms. The number of hydrogen-bond acceptors (Lipinski definition) is 3. The van der Waals surface area contributed by atoms with Crippen molar-refractivity contribution in [3.8, 4) is 5.75 Å². The first-order valence-corrected chi connectivity index (χ1v) is 8.98. The highest BCUT2D eigenvalue weighted by molar-refractivity contribution is 9.10. The highest BCUT2D eigenvalue weighted by Crippen LogP contribution is 2.36. The minimum Gasteiger partial charge on any atom is -0.494 e. The fourth-order valence-corrected chi connectivity index (χ4v) is 4.25. The molecular formula is C17H22BrNOS. The van der Waals surface area contributed by atoms with Crippen molar-refractivity contribution in [2.45, 2.75) is 33.2 Å². The van der Waals surface area contributed by atoms with Crippen LogP contribution in [0.1, 0.15) is 41.6 Å². The Balaban J connectivity index is 2.31. The molecule has 2 aromatic rings. The van der Waals surface area contributed by atoms with E-state index in [9.17, 15) is 0 Å². The molecule has 1 aromatic carbocycles. The number of hydrogen-bond donors (Lipinski definition) is 1. The fourth-order valence-electron chi connectivity index (χ4n) is 2.27. The first kappa shape index (κ1) is 16.5. The second kappa shape index (κ2) is 7.97. The van der Waals surface area contributed by atoms with E-state index in [0.717, 1.165) is 25.3 Å². The zero-order valence-electron chi connectivity index (χ0n) is 12.8. The Hall–Kier alpha value is -0.840. The van der Waals surface area contributed by atoms with Gasteiger partial charge in [-0.05, 0) is 59.6 Å². The van der Waals surface area contributed by atoms with Gasteiger partial charge in [0.2, 0.25) is 0 Å². The largest absolute Gasteiger partial charge is 0.494 e. The van der Waals surface area contributed by atoms with Crippen LogP contribution in [0.2, 0.25) is 0 Å². The molecule has 0 saturated carbocycles. The first-order valence-electron chi connectivity index (χ1n) is 7.37. The summed E-state index contributed by atoms with van der Waals surface area (Å²) in [6, 6.07) is 10.8. The molecule has 0 spiro atoms. The zero-order chi connectivity index (χ0) is 15.2. The van der Waals surface area contributed by atoms with Gasteiger partial charge in [-0.15, -0.1) is 11.3 Å². The van der Waals surface area contributed by atoms with Crippen LogP contribution in [0, 0.1) is 6.92 Å². The number of nitrogens with one attached hydrogen (secondary N) is 1. The lowest BCUT2D eigenvalue weighted by molar-refractivity contribution is 0.317. The number of halogens is 1. The lowest BCUT2D eigenvalue weighted by atomic mass is 10.0. The second-order valence-corrected chi connectivity index (χ2v) is 7.12. The summed E-state index contributed by atoms with van der Waals surface area (Å²) < 4.78 is 6.94. The second-order valence-electron chi connectivity index (χ2n) is 4.98. The molecule has 1 unspecified atom stereocenters. The van der Waals surface area contributed by atoms with Crippen molar-refractivity contribution >= 4 is 27.3 Å². The minimum absolute atomic E-state index is 0.202. The third kappa shape index (κ3) is 4.31. The van der Waals surface area contributed by atoms with Crippen LogP contribution in [0.25, 0.3) is 0 Å². The molecule has 0 amide bonds. The van der Waals surface area contributed by atoms with Gasteiger partial charge in [0, 0.05) is 14.2 Å². The van der Waals surface area contributed by atoms with Crippen LogP contribution in [0.5, 0.6) is 5.75 Å². The predicted octanol–water partition coefficient (Wildman–Crippen LogP) is 5.31. The number of ether oxygens (including phenoxy) is 1. The van der Waals surface area contributed by atoms with E-state index in [0.29, 0.717) is 0 Å². The molecule has 2 rings (SSSR count). The molecule has 4 heteroatoms. The Kier molecular flexibility index (Phi) is 6.27. The summed E-state index contributed by atoms with van der Waals surface area (Å²) in [5.41, 5.74) is 1.24. The fraction of sp³-hybridized carbons (Fsp3) is 0.412. The van der Waals surface area contributed by atoms with Gasteiger partial charge in [0.1, 0.15) is 5.75 Å². The molecule has 1 atom stereocenters. The highest BCUT2D eigenvalue weighted by Gasteiger charge is 2.18. The van der Waals surface area contributed by atoms with E-state index in [1.165, 1.54) is 19.8 Å². The van der Waals surface area contributed by atoms with Crippen molar-refractivity contribution in [2.75, 3.05) is 13.2 Å². The third-order valence-electron chi connectivity index (χ3n) is 3.17. The molecule has 1 heterocycles. The molecule has 0 aliphatic rings. The molecule has 0 fully saturated rings. The van der Waals surface area contributed by atoms with Gasteiger partial charge in [0.25, 0.3) is 0 Å². The Morgan fingerprint density at radius 1 is 1.29 bits per heavy atom. The Bertz CT molecular complexity index is 582. The molecule has 114 valence electrons. The molecule has 0 aliphatic heterocycles. The summed E-state index contributed by atoms with van der Waals surface area (Å²) in [6.45, 7) is 8.09. The zero-order valence-corrected chi connectivity index (χ0v) is 15.2. The van der Waals surface area contributed by atoms with Gasteiger partial charge in [-0.1, -0.05) is 26.0 Å². The maximum absolute atomic E-state index is 5.76. The summed E-state index contributed by atoms with van der Waals surface area (Å²) in [6.07, 6.45) is 1.02.